The van der Waals surface area contributed by atoms with Crippen molar-refractivity contribution in [3.05, 3.63) is 126 Å². The van der Waals surface area contributed by atoms with Gasteiger partial charge in [-0.25, -0.2) is 4.98 Å². The molecule has 3 nitrogen and oxygen atoms in total. The Bertz CT molecular complexity index is 1380. The maximum atomic E-state index is 13.0. The number of carbonyl (C=O) groups is 1. The van der Waals surface area contributed by atoms with Gasteiger partial charge in [-0.1, -0.05) is 97.1 Å². The summed E-state index contributed by atoms with van der Waals surface area (Å²) in [7, 11) is 0. The first kappa shape index (κ1) is 20.7. The Hall–Kier alpha value is -4.24. The lowest BCUT2D eigenvalue weighted by Crippen LogP contribution is -2.06. The molecule has 5 aromatic rings. The van der Waals surface area contributed by atoms with Gasteiger partial charge in [0.15, 0.2) is 5.78 Å². The molecule has 0 saturated heterocycles. The van der Waals surface area contributed by atoms with Crippen LogP contribution < -0.4 is 5.32 Å². The number of rotatable bonds is 7. The molecule has 1 aromatic heterocycles. The molecule has 33 heavy (non-hydrogen) atoms. The molecule has 0 spiro atoms. The molecule has 0 unspecified atom stereocenters. The van der Waals surface area contributed by atoms with Gasteiger partial charge in [0, 0.05) is 34.2 Å². The van der Waals surface area contributed by atoms with Crippen LogP contribution in [0.15, 0.2) is 115 Å². The topological polar surface area (TPSA) is 42.0 Å². The predicted molar refractivity (Wildman–Crippen MR) is 136 cm³/mol. The second kappa shape index (κ2) is 9.49. The minimum Gasteiger partial charge on any atom is -0.355 e. The van der Waals surface area contributed by atoms with Gasteiger partial charge in [-0.05, 0) is 24.6 Å². The van der Waals surface area contributed by atoms with E-state index in [0.29, 0.717) is 12.8 Å². The lowest BCUT2D eigenvalue weighted by molar-refractivity contribution is 0.0983. The fraction of sp³-hybridized carbons (Fsp3) is 0.0667. The summed E-state index contributed by atoms with van der Waals surface area (Å²) in [4.78, 5) is 18.0. The molecule has 0 aliphatic rings. The summed E-state index contributed by atoms with van der Waals surface area (Å²) < 4.78 is 0. The van der Waals surface area contributed by atoms with E-state index in [2.05, 4.69) is 35.6 Å². The van der Waals surface area contributed by atoms with Crippen LogP contribution in [0.4, 0.5) is 11.4 Å². The van der Waals surface area contributed by atoms with E-state index >= 15 is 0 Å². The number of nitrogens with one attached hydrogen (secondary N) is 1. The SMILES string of the molecule is O=C(CCc1c(-c2ccccc2)nc2ccccc2c1Nc1ccccc1)c1ccccc1. The number of hydrogen-bond donors (Lipinski definition) is 1. The van der Waals surface area contributed by atoms with Gasteiger partial charge in [-0.15, -0.1) is 0 Å². The molecule has 0 aliphatic carbocycles. The van der Waals surface area contributed by atoms with Crippen molar-refractivity contribution >= 4 is 28.1 Å². The second-order valence-electron chi connectivity index (χ2n) is 7.98. The maximum absolute atomic E-state index is 13.0. The van der Waals surface area contributed by atoms with Crippen molar-refractivity contribution in [3.63, 3.8) is 0 Å². The summed E-state index contributed by atoms with van der Waals surface area (Å²) in [5, 5.41) is 4.68. The highest BCUT2D eigenvalue weighted by Crippen LogP contribution is 2.36. The summed E-state index contributed by atoms with van der Waals surface area (Å²) in [6.07, 6.45) is 0.998. The number of Topliss-reactive ketones (excluding diaryl/α,β-unsaturated/α-hetero) is 1. The third-order valence-electron chi connectivity index (χ3n) is 5.78. The number of ketones is 1. The molecule has 0 radical (unpaired) electrons. The first-order valence-electron chi connectivity index (χ1n) is 11.2. The van der Waals surface area contributed by atoms with Crippen LogP contribution in [0.2, 0.25) is 0 Å². The van der Waals surface area contributed by atoms with Gasteiger partial charge in [0.2, 0.25) is 0 Å². The summed E-state index contributed by atoms with van der Waals surface area (Å²) >= 11 is 0. The van der Waals surface area contributed by atoms with E-state index in [9.17, 15) is 4.79 Å². The summed E-state index contributed by atoms with van der Waals surface area (Å²) in [5.74, 6) is 0.133. The van der Waals surface area contributed by atoms with Crippen LogP contribution in [-0.2, 0) is 6.42 Å². The van der Waals surface area contributed by atoms with Crippen LogP contribution in [-0.4, -0.2) is 10.8 Å². The smallest absolute Gasteiger partial charge is 0.163 e. The predicted octanol–water partition coefficient (Wildman–Crippen LogP) is 7.46. The maximum Gasteiger partial charge on any atom is 0.163 e. The van der Waals surface area contributed by atoms with Crippen LogP contribution in [0.5, 0.6) is 0 Å². The van der Waals surface area contributed by atoms with E-state index in [0.717, 1.165) is 44.7 Å². The van der Waals surface area contributed by atoms with E-state index in [4.69, 9.17) is 4.98 Å². The first-order chi connectivity index (χ1) is 16.3. The van der Waals surface area contributed by atoms with Gasteiger partial charge in [0.05, 0.1) is 16.9 Å². The van der Waals surface area contributed by atoms with Gasteiger partial charge in [0.25, 0.3) is 0 Å². The number of para-hydroxylation sites is 2. The molecule has 0 atom stereocenters. The molecule has 0 amide bonds. The van der Waals surface area contributed by atoms with Crippen molar-refractivity contribution in [2.75, 3.05) is 5.32 Å². The quantitative estimate of drug-likeness (QED) is 0.274. The average molecular weight is 429 g/mol. The van der Waals surface area contributed by atoms with Crippen molar-refractivity contribution in [2.24, 2.45) is 0 Å². The molecule has 1 heterocycles. The van der Waals surface area contributed by atoms with E-state index in [1.54, 1.807) is 0 Å². The largest absolute Gasteiger partial charge is 0.355 e. The fourth-order valence-electron chi connectivity index (χ4n) is 4.15. The number of benzene rings is 4. The highest BCUT2D eigenvalue weighted by Gasteiger charge is 2.18. The molecule has 3 heteroatoms. The zero-order chi connectivity index (χ0) is 22.5. The summed E-state index contributed by atoms with van der Waals surface area (Å²) in [5.41, 5.74) is 6.68. The second-order valence-corrected chi connectivity index (χ2v) is 7.98. The number of anilines is 2. The lowest BCUT2D eigenvalue weighted by atomic mass is 9.95. The molecule has 0 aliphatic heterocycles. The van der Waals surface area contributed by atoms with Gasteiger partial charge in [-0.2, -0.15) is 0 Å². The monoisotopic (exact) mass is 428 g/mol. The van der Waals surface area contributed by atoms with Crippen molar-refractivity contribution in [1.82, 2.24) is 4.98 Å². The molecule has 4 aromatic carbocycles. The Balaban J connectivity index is 1.64. The molecule has 1 N–H and O–H groups in total. The number of carbonyl (C=O) groups excluding carboxylic acids is 1. The van der Waals surface area contributed by atoms with Gasteiger partial charge in [-0.3, -0.25) is 4.79 Å². The number of aromatic nitrogens is 1. The number of nitrogens with zero attached hydrogens (tertiary/aromatic N) is 1. The van der Waals surface area contributed by atoms with E-state index in [1.807, 2.05) is 84.9 Å². The van der Waals surface area contributed by atoms with Crippen LogP contribution in [0.25, 0.3) is 22.2 Å². The van der Waals surface area contributed by atoms with Crippen molar-refractivity contribution in [2.45, 2.75) is 12.8 Å². The zero-order valence-electron chi connectivity index (χ0n) is 18.2. The third-order valence-corrected chi connectivity index (χ3v) is 5.78. The van der Waals surface area contributed by atoms with Crippen LogP contribution in [0.3, 0.4) is 0 Å². The van der Waals surface area contributed by atoms with Crippen LogP contribution >= 0.6 is 0 Å². The Morgan fingerprint density at radius 3 is 2.03 bits per heavy atom. The Morgan fingerprint density at radius 2 is 1.30 bits per heavy atom. The van der Waals surface area contributed by atoms with E-state index in [1.165, 1.54) is 0 Å². The molecular weight excluding hydrogens is 404 g/mol. The first-order valence-corrected chi connectivity index (χ1v) is 11.2. The molecule has 0 bridgehead atoms. The van der Waals surface area contributed by atoms with Gasteiger partial charge < -0.3 is 5.32 Å². The highest BCUT2D eigenvalue weighted by molar-refractivity contribution is 5.99. The van der Waals surface area contributed by atoms with Gasteiger partial charge >= 0.3 is 0 Å². The highest BCUT2D eigenvalue weighted by atomic mass is 16.1. The Labute approximate surface area is 193 Å². The van der Waals surface area contributed by atoms with Crippen LogP contribution in [0.1, 0.15) is 22.3 Å². The molecule has 5 rings (SSSR count). The minimum atomic E-state index is 0.133. The van der Waals surface area contributed by atoms with E-state index < -0.39 is 0 Å². The normalized spacial score (nSPS) is 10.8. The fourth-order valence-corrected chi connectivity index (χ4v) is 4.15. The van der Waals surface area contributed by atoms with E-state index in [-0.39, 0.29) is 5.78 Å². The lowest BCUT2D eigenvalue weighted by Gasteiger charge is -2.19. The molecule has 0 saturated carbocycles. The average Bonchev–Trinajstić information content (AvgIpc) is 2.89. The number of hydrogen-bond acceptors (Lipinski definition) is 3. The number of pyridine rings is 1. The molecule has 0 fully saturated rings. The Kier molecular flexibility index (Phi) is 5.94. The van der Waals surface area contributed by atoms with Crippen molar-refractivity contribution in [1.29, 1.82) is 0 Å². The Morgan fingerprint density at radius 1 is 0.697 bits per heavy atom. The molecular formula is C30H24N2O. The van der Waals surface area contributed by atoms with Crippen molar-refractivity contribution < 1.29 is 4.79 Å². The standard InChI is InChI=1S/C30H24N2O/c33-28(22-12-4-1-5-13-22)21-20-26-29(23-14-6-2-7-15-23)32-27-19-11-10-18-25(27)30(26)31-24-16-8-3-9-17-24/h1-19H,20-21H2,(H,31,32). The summed E-state index contributed by atoms with van der Waals surface area (Å²) in [6, 6.07) is 38.0. The van der Waals surface area contributed by atoms with Gasteiger partial charge in [0.1, 0.15) is 0 Å². The third kappa shape index (κ3) is 4.53. The minimum absolute atomic E-state index is 0.133. The van der Waals surface area contributed by atoms with Crippen molar-refractivity contribution in [3.8, 4) is 11.3 Å². The summed E-state index contributed by atoms with van der Waals surface area (Å²) in [6.45, 7) is 0. The van der Waals surface area contributed by atoms with Crippen LogP contribution in [0, 0.1) is 0 Å². The zero-order valence-corrected chi connectivity index (χ0v) is 18.2. The molecule has 160 valence electrons. The number of fused-ring (bicyclic) bond motifs is 1.